The molecule has 0 spiro atoms. The van der Waals surface area contributed by atoms with Crippen LogP contribution in [-0.2, 0) is 11.3 Å². The fraction of sp³-hybridized carbons (Fsp3) is 0.500. The first kappa shape index (κ1) is 16.6. The molecule has 1 fully saturated rings. The van der Waals surface area contributed by atoms with Gasteiger partial charge in [0.05, 0.1) is 12.7 Å². The third-order valence-corrected chi connectivity index (χ3v) is 4.20. The molecule has 0 N–H and O–H groups in total. The molecule has 0 aliphatic heterocycles. The maximum atomic E-state index is 12.8. The second kappa shape index (κ2) is 8.65. The van der Waals surface area contributed by atoms with Crippen molar-refractivity contribution >= 4 is 0 Å². The summed E-state index contributed by atoms with van der Waals surface area (Å²) in [6.45, 7) is 0.520. The molecule has 1 aliphatic rings. The molecule has 0 bridgehead atoms. The van der Waals surface area contributed by atoms with E-state index in [-0.39, 0.29) is 11.9 Å². The Kier molecular flexibility index (Phi) is 6.54. The first-order valence-electron chi connectivity index (χ1n) is 7.79. The van der Waals surface area contributed by atoms with Crippen molar-refractivity contribution in [2.45, 2.75) is 51.2 Å². The van der Waals surface area contributed by atoms with Crippen LogP contribution in [0.3, 0.4) is 0 Å². The zero-order valence-electron chi connectivity index (χ0n) is 12.6. The van der Waals surface area contributed by atoms with E-state index in [0.29, 0.717) is 18.9 Å². The van der Waals surface area contributed by atoms with Crippen molar-refractivity contribution in [2.24, 2.45) is 5.92 Å². The van der Waals surface area contributed by atoms with Crippen LogP contribution in [0.25, 0.3) is 0 Å². The fourth-order valence-electron chi connectivity index (χ4n) is 2.87. The van der Waals surface area contributed by atoms with Crippen molar-refractivity contribution in [3.05, 3.63) is 47.5 Å². The number of hydrogen-bond donors (Lipinski definition) is 0. The number of hydrogen-bond acceptors (Lipinski definition) is 2. The first-order valence-corrected chi connectivity index (χ1v) is 7.79. The summed E-state index contributed by atoms with van der Waals surface area (Å²) in [7, 11) is 0. The van der Waals surface area contributed by atoms with Crippen LogP contribution in [-0.4, -0.2) is 6.10 Å². The van der Waals surface area contributed by atoms with Crippen LogP contribution in [0, 0.1) is 23.1 Å². The van der Waals surface area contributed by atoms with E-state index < -0.39 is 5.83 Å². The third kappa shape index (κ3) is 5.57. The predicted molar refractivity (Wildman–Crippen MR) is 81.0 cm³/mol. The zero-order chi connectivity index (χ0) is 15.8. The van der Waals surface area contributed by atoms with Crippen molar-refractivity contribution in [1.29, 1.82) is 5.26 Å². The van der Waals surface area contributed by atoms with Gasteiger partial charge in [-0.15, -0.1) is 0 Å². The summed E-state index contributed by atoms with van der Waals surface area (Å²) in [6.07, 6.45) is 7.37. The number of nitrogens with zero attached hydrogens (tertiary/aromatic N) is 1. The Bertz CT molecular complexity index is 525. The second-order valence-corrected chi connectivity index (χ2v) is 5.82. The molecule has 0 atom stereocenters. The average Bonchev–Trinajstić information content (AvgIpc) is 2.55. The molecule has 0 amide bonds. The molecular weight excluding hydrogens is 284 g/mol. The highest BCUT2D eigenvalue weighted by Gasteiger charge is 2.21. The molecule has 0 heterocycles. The summed E-state index contributed by atoms with van der Waals surface area (Å²) >= 11 is 0. The quantitative estimate of drug-likeness (QED) is 0.688. The molecule has 4 heteroatoms. The fourth-order valence-corrected chi connectivity index (χ4v) is 2.87. The van der Waals surface area contributed by atoms with E-state index in [0.717, 1.165) is 37.7 Å². The Hall–Kier alpha value is -1.73. The van der Waals surface area contributed by atoms with Crippen LogP contribution in [0.15, 0.2) is 36.2 Å². The molecule has 1 aromatic rings. The van der Waals surface area contributed by atoms with Gasteiger partial charge in [0.2, 0.25) is 0 Å². The van der Waals surface area contributed by atoms with Gasteiger partial charge in [-0.05, 0) is 68.2 Å². The number of halogens is 2. The summed E-state index contributed by atoms with van der Waals surface area (Å²) in [5.41, 5.74) is 0.987. The minimum absolute atomic E-state index is 0.230. The van der Waals surface area contributed by atoms with Gasteiger partial charge < -0.3 is 4.74 Å². The van der Waals surface area contributed by atoms with Gasteiger partial charge in [0.25, 0.3) is 0 Å². The average molecular weight is 305 g/mol. The Morgan fingerprint density at radius 1 is 1.23 bits per heavy atom. The SMILES string of the molecule is N#C/C(F)=C/CC[C@H]1CC[C@H](OCc2ccc(F)cc2)CC1. The maximum absolute atomic E-state index is 12.8. The second-order valence-electron chi connectivity index (χ2n) is 5.82. The van der Waals surface area contributed by atoms with Crippen molar-refractivity contribution < 1.29 is 13.5 Å². The third-order valence-electron chi connectivity index (χ3n) is 4.20. The van der Waals surface area contributed by atoms with Crippen molar-refractivity contribution in [3.63, 3.8) is 0 Å². The highest BCUT2D eigenvalue weighted by atomic mass is 19.1. The highest BCUT2D eigenvalue weighted by molar-refractivity contribution is 5.15. The van der Waals surface area contributed by atoms with Crippen LogP contribution >= 0.6 is 0 Å². The van der Waals surface area contributed by atoms with Gasteiger partial charge >= 0.3 is 0 Å². The van der Waals surface area contributed by atoms with Crippen LogP contribution < -0.4 is 0 Å². The lowest BCUT2D eigenvalue weighted by molar-refractivity contribution is 0.00644. The number of ether oxygens (including phenoxy) is 1. The number of allylic oxidation sites excluding steroid dienone is 2. The molecule has 2 rings (SSSR count). The Morgan fingerprint density at radius 2 is 1.91 bits per heavy atom. The molecule has 0 aromatic heterocycles. The Balaban J connectivity index is 1.65. The molecule has 1 saturated carbocycles. The standard InChI is InChI=1S/C18H21F2NO/c19-16-8-4-15(5-9-16)13-22-18-10-6-14(7-11-18)2-1-3-17(20)12-21/h3-5,8-9,14,18H,1-2,6-7,10-11,13H2/b17-3-/t14-,18-. The Morgan fingerprint density at radius 3 is 2.55 bits per heavy atom. The van der Waals surface area contributed by atoms with Gasteiger partial charge in [0, 0.05) is 0 Å². The van der Waals surface area contributed by atoms with E-state index in [2.05, 4.69) is 0 Å². The molecule has 118 valence electrons. The lowest BCUT2D eigenvalue weighted by Gasteiger charge is -2.28. The molecule has 0 radical (unpaired) electrons. The molecule has 0 saturated heterocycles. The number of rotatable bonds is 6. The first-order chi connectivity index (χ1) is 10.7. The minimum atomic E-state index is -0.684. The summed E-state index contributed by atoms with van der Waals surface area (Å²) < 4.78 is 31.4. The van der Waals surface area contributed by atoms with Gasteiger partial charge in [-0.2, -0.15) is 9.65 Å². The molecule has 1 aliphatic carbocycles. The number of nitriles is 1. The van der Waals surface area contributed by atoms with E-state index in [9.17, 15) is 8.78 Å². The predicted octanol–water partition coefficient (Wildman–Crippen LogP) is 5.06. The van der Waals surface area contributed by atoms with Crippen LogP contribution in [0.1, 0.15) is 44.1 Å². The van der Waals surface area contributed by atoms with Crippen LogP contribution in [0.4, 0.5) is 8.78 Å². The van der Waals surface area contributed by atoms with Gasteiger partial charge in [-0.3, -0.25) is 0 Å². The highest BCUT2D eigenvalue weighted by Crippen LogP contribution is 2.30. The molecule has 1 aromatic carbocycles. The summed E-state index contributed by atoms with van der Waals surface area (Å²) in [5.74, 6) is -0.323. The molecular formula is C18H21F2NO. The van der Waals surface area contributed by atoms with Crippen LogP contribution in [0.2, 0.25) is 0 Å². The minimum Gasteiger partial charge on any atom is -0.374 e. The lowest BCUT2D eigenvalue weighted by atomic mass is 9.84. The van der Waals surface area contributed by atoms with Crippen LogP contribution in [0.5, 0.6) is 0 Å². The van der Waals surface area contributed by atoms with Crippen molar-refractivity contribution in [2.75, 3.05) is 0 Å². The normalized spacial score (nSPS) is 22.3. The van der Waals surface area contributed by atoms with Crippen molar-refractivity contribution in [3.8, 4) is 6.07 Å². The van der Waals surface area contributed by atoms with Gasteiger partial charge in [-0.25, -0.2) is 4.39 Å². The lowest BCUT2D eigenvalue weighted by Crippen LogP contribution is -2.21. The number of benzene rings is 1. The molecule has 22 heavy (non-hydrogen) atoms. The topological polar surface area (TPSA) is 33.0 Å². The van der Waals surface area contributed by atoms with Gasteiger partial charge in [0.15, 0.2) is 5.83 Å². The van der Waals surface area contributed by atoms with E-state index in [4.69, 9.17) is 10.00 Å². The van der Waals surface area contributed by atoms with Gasteiger partial charge in [0.1, 0.15) is 11.9 Å². The zero-order valence-corrected chi connectivity index (χ0v) is 12.6. The Labute approximate surface area is 130 Å². The van der Waals surface area contributed by atoms with E-state index in [1.807, 2.05) is 0 Å². The summed E-state index contributed by atoms with van der Waals surface area (Å²) in [5, 5.41) is 8.34. The molecule has 2 nitrogen and oxygen atoms in total. The van der Waals surface area contributed by atoms with Gasteiger partial charge in [-0.1, -0.05) is 12.1 Å². The monoisotopic (exact) mass is 305 g/mol. The summed E-state index contributed by atoms with van der Waals surface area (Å²) in [4.78, 5) is 0. The van der Waals surface area contributed by atoms with Crippen molar-refractivity contribution in [1.82, 2.24) is 0 Å². The van der Waals surface area contributed by atoms with E-state index >= 15 is 0 Å². The van der Waals surface area contributed by atoms with E-state index in [1.165, 1.54) is 24.3 Å². The maximum Gasteiger partial charge on any atom is 0.196 e. The largest absolute Gasteiger partial charge is 0.374 e. The van der Waals surface area contributed by atoms with E-state index in [1.54, 1.807) is 12.1 Å². The smallest absolute Gasteiger partial charge is 0.196 e. The summed E-state index contributed by atoms with van der Waals surface area (Å²) in [6, 6.07) is 7.89. The molecule has 0 unspecified atom stereocenters.